The summed E-state index contributed by atoms with van der Waals surface area (Å²) in [5.74, 6) is -4.48. The Morgan fingerprint density at radius 2 is 1.14 bits per heavy atom. The fourth-order valence-electron chi connectivity index (χ4n) is 8.58. The third-order valence-corrected chi connectivity index (χ3v) is 10.6. The molecule has 3 fully saturated rings. The van der Waals surface area contributed by atoms with Gasteiger partial charge in [0.1, 0.15) is 35.9 Å². The van der Waals surface area contributed by atoms with Crippen LogP contribution in [0.3, 0.4) is 0 Å². The molecule has 3 aromatic rings. The lowest BCUT2D eigenvalue weighted by atomic mass is 9.47. The van der Waals surface area contributed by atoms with Gasteiger partial charge < -0.3 is 28.4 Å². The second kappa shape index (κ2) is 13.9. The first-order valence-electron chi connectivity index (χ1n) is 17.1. The molecule has 11 nitrogen and oxygen atoms in total. The smallest absolute Gasteiger partial charge is 0.338 e. The number of ether oxygens (including phenoxy) is 6. The maximum atomic E-state index is 13.9. The maximum Gasteiger partial charge on any atom is 0.338 e. The first-order valence-corrected chi connectivity index (χ1v) is 17.1. The molecule has 1 heterocycles. The van der Waals surface area contributed by atoms with Gasteiger partial charge in [-0.2, -0.15) is 0 Å². The minimum absolute atomic E-state index is 0.0558. The molecule has 1 saturated heterocycles. The topological polar surface area (TPSA) is 141 Å². The zero-order valence-electron chi connectivity index (χ0n) is 29.2. The summed E-state index contributed by atoms with van der Waals surface area (Å²) in [6.07, 6.45) is -4.44. The van der Waals surface area contributed by atoms with Crippen molar-refractivity contribution in [3.8, 4) is 0 Å². The Bertz CT molecular complexity index is 1780. The van der Waals surface area contributed by atoms with Crippen LogP contribution in [-0.4, -0.2) is 72.1 Å². The highest BCUT2D eigenvalue weighted by molar-refractivity contribution is 5.91. The van der Waals surface area contributed by atoms with Crippen LogP contribution in [-0.2, 0) is 38.0 Å². The van der Waals surface area contributed by atoms with Gasteiger partial charge in [0, 0.05) is 19.8 Å². The van der Waals surface area contributed by atoms with Gasteiger partial charge in [0.25, 0.3) is 0 Å². The molecule has 1 spiro atoms. The summed E-state index contributed by atoms with van der Waals surface area (Å²) in [5, 5.41) is 0. The van der Waals surface area contributed by atoms with E-state index in [1.807, 2.05) is 20.8 Å². The second-order valence-corrected chi connectivity index (χ2v) is 14.1. The Labute approximate surface area is 296 Å². The number of carbonyl (C=O) groups excluding carboxylic acids is 5. The monoisotopic (exact) mass is 698 g/mol. The van der Waals surface area contributed by atoms with Crippen LogP contribution in [0, 0.1) is 17.3 Å². The van der Waals surface area contributed by atoms with Gasteiger partial charge in [-0.3, -0.25) is 9.59 Å². The highest BCUT2D eigenvalue weighted by Gasteiger charge is 2.83. The van der Waals surface area contributed by atoms with E-state index in [1.54, 1.807) is 91.0 Å². The summed E-state index contributed by atoms with van der Waals surface area (Å²) in [4.78, 5) is 67.2. The minimum Gasteiger partial charge on any atom is -0.461 e. The molecule has 2 saturated carbocycles. The average molecular weight is 699 g/mol. The second-order valence-electron chi connectivity index (χ2n) is 14.1. The fraction of sp³-hybridized carbons (Fsp3) is 0.425. The predicted molar refractivity (Wildman–Crippen MR) is 181 cm³/mol. The molecule has 0 N–H and O–H groups in total. The van der Waals surface area contributed by atoms with Gasteiger partial charge in [0.15, 0.2) is 6.10 Å². The van der Waals surface area contributed by atoms with E-state index in [9.17, 15) is 24.0 Å². The van der Waals surface area contributed by atoms with Crippen molar-refractivity contribution in [3.05, 3.63) is 108 Å². The van der Waals surface area contributed by atoms with Crippen LogP contribution in [0.25, 0.3) is 0 Å². The summed E-state index contributed by atoms with van der Waals surface area (Å²) < 4.78 is 38.1. The highest BCUT2D eigenvalue weighted by atomic mass is 16.6. The van der Waals surface area contributed by atoms with E-state index in [0.717, 1.165) is 0 Å². The van der Waals surface area contributed by atoms with Crippen LogP contribution in [0.5, 0.6) is 0 Å². The molecule has 0 radical (unpaired) electrons. The summed E-state index contributed by atoms with van der Waals surface area (Å²) >= 11 is 0. The molecule has 1 aliphatic heterocycles. The lowest BCUT2D eigenvalue weighted by molar-refractivity contribution is -0.316. The van der Waals surface area contributed by atoms with Crippen molar-refractivity contribution < 1.29 is 52.4 Å². The van der Waals surface area contributed by atoms with Gasteiger partial charge in [0.2, 0.25) is 0 Å². The van der Waals surface area contributed by atoms with E-state index >= 15 is 0 Å². The van der Waals surface area contributed by atoms with Crippen LogP contribution >= 0.6 is 0 Å². The third-order valence-electron chi connectivity index (χ3n) is 10.6. The molecule has 2 aliphatic carbocycles. The van der Waals surface area contributed by atoms with E-state index in [2.05, 4.69) is 0 Å². The molecule has 268 valence electrons. The summed E-state index contributed by atoms with van der Waals surface area (Å²) in [7, 11) is 0. The van der Waals surface area contributed by atoms with E-state index in [0.29, 0.717) is 5.56 Å². The highest BCUT2D eigenvalue weighted by Crippen LogP contribution is 2.68. The fourth-order valence-corrected chi connectivity index (χ4v) is 8.58. The lowest BCUT2D eigenvalue weighted by Crippen LogP contribution is -2.78. The van der Waals surface area contributed by atoms with Crippen LogP contribution < -0.4 is 0 Å². The number of fused-ring (bicyclic) bond motifs is 1. The van der Waals surface area contributed by atoms with E-state index in [4.69, 9.17) is 28.4 Å². The Morgan fingerprint density at radius 1 is 0.647 bits per heavy atom. The molecular formula is C40H42O11. The summed E-state index contributed by atoms with van der Waals surface area (Å²) in [5.41, 5.74) is -3.54. The van der Waals surface area contributed by atoms with E-state index in [-0.39, 0.29) is 24.0 Å². The Balaban J connectivity index is 1.58. The molecule has 0 aromatic heterocycles. The quantitative estimate of drug-likeness (QED) is 0.199. The van der Waals surface area contributed by atoms with Gasteiger partial charge in [-0.25, -0.2) is 14.4 Å². The Morgan fingerprint density at radius 3 is 1.65 bits per heavy atom. The van der Waals surface area contributed by atoms with Crippen LogP contribution in [0.4, 0.5) is 0 Å². The van der Waals surface area contributed by atoms with Gasteiger partial charge in [-0.15, -0.1) is 0 Å². The van der Waals surface area contributed by atoms with Crippen molar-refractivity contribution >= 4 is 29.8 Å². The molecule has 3 aromatic carbocycles. The van der Waals surface area contributed by atoms with E-state index in [1.165, 1.54) is 13.8 Å². The van der Waals surface area contributed by atoms with Crippen molar-refractivity contribution in [3.63, 3.8) is 0 Å². The standard InChI is InChI=1S/C40H42O11/c1-24-21-31(47-25(2)41)34(48-26(3)42)39(23-46-35(43)27-15-9-6-10-16-27)32(49-36(44)28-17-11-7-12-18-28)22-30-33(40(24,39)51-38(30,4)5)50-37(45)29-19-13-8-14-20-29/h6-20,24,30-34H,21-23H2,1-5H3/t24-,30+,31+,32+,33-,34+,39-,40?/m1/s1. The first kappa shape index (κ1) is 35.8. The summed E-state index contributed by atoms with van der Waals surface area (Å²) in [6, 6.07) is 25.2. The molecule has 8 atom stereocenters. The molecule has 6 rings (SSSR count). The van der Waals surface area contributed by atoms with Gasteiger partial charge >= 0.3 is 29.8 Å². The van der Waals surface area contributed by atoms with Crippen LogP contribution in [0.15, 0.2) is 91.0 Å². The van der Waals surface area contributed by atoms with Crippen LogP contribution in [0.2, 0.25) is 0 Å². The van der Waals surface area contributed by atoms with Gasteiger partial charge in [-0.1, -0.05) is 61.5 Å². The number of hydrogen-bond acceptors (Lipinski definition) is 11. The van der Waals surface area contributed by atoms with Crippen LogP contribution in [0.1, 0.15) is 78.5 Å². The lowest BCUT2D eigenvalue weighted by Gasteiger charge is -2.63. The maximum absolute atomic E-state index is 13.9. The SMILES string of the molecule is CC(=O)O[C@H]1C[C@@H](C)C23OC(C)(C)[C@@H](C[C@H](OC(=O)c4ccccc4)[C@]2(COC(=O)c2ccccc2)[C@H]1OC(C)=O)[C@H]3OC(=O)c1ccccc1. The molecule has 0 amide bonds. The summed E-state index contributed by atoms with van der Waals surface area (Å²) in [6.45, 7) is 7.52. The third kappa shape index (κ3) is 6.39. The number of esters is 5. The van der Waals surface area contributed by atoms with Gasteiger partial charge in [-0.05, 0) is 69.0 Å². The van der Waals surface area contributed by atoms with Gasteiger partial charge in [0.05, 0.1) is 22.3 Å². The first-order chi connectivity index (χ1) is 24.3. The Kier molecular flexibility index (Phi) is 9.78. The van der Waals surface area contributed by atoms with Crippen molar-refractivity contribution in [2.75, 3.05) is 6.61 Å². The number of rotatable bonds is 9. The average Bonchev–Trinajstić information content (AvgIpc) is 3.28. The predicted octanol–water partition coefficient (Wildman–Crippen LogP) is 5.75. The van der Waals surface area contributed by atoms with Crippen molar-refractivity contribution in [1.82, 2.24) is 0 Å². The van der Waals surface area contributed by atoms with Crippen molar-refractivity contribution in [2.24, 2.45) is 17.3 Å². The molecule has 11 heteroatoms. The number of benzene rings is 3. The minimum atomic E-state index is -1.77. The van der Waals surface area contributed by atoms with Crippen molar-refractivity contribution in [2.45, 2.75) is 83.1 Å². The molecule has 1 unspecified atom stereocenters. The number of hydrogen-bond donors (Lipinski definition) is 0. The molecule has 3 aliphatic rings. The zero-order valence-corrected chi connectivity index (χ0v) is 29.2. The zero-order chi connectivity index (χ0) is 36.6. The largest absolute Gasteiger partial charge is 0.461 e. The molecule has 51 heavy (non-hydrogen) atoms. The van der Waals surface area contributed by atoms with E-state index < -0.39 is 89.3 Å². The Hall–Kier alpha value is -5.03. The number of carbonyl (C=O) groups is 5. The normalized spacial score (nSPS) is 30.2. The van der Waals surface area contributed by atoms with Crippen molar-refractivity contribution in [1.29, 1.82) is 0 Å². The molecular weight excluding hydrogens is 656 g/mol. The molecule has 2 bridgehead atoms.